The Bertz CT molecular complexity index is 724. The van der Waals surface area contributed by atoms with Gasteiger partial charge in [0, 0.05) is 0 Å². The molecule has 1 aliphatic heterocycles. The maximum absolute atomic E-state index is 6.49. The second-order valence-electron chi connectivity index (χ2n) is 11.0. The van der Waals surface area contributed by atoms with Crippen LogP contribution in [0.15, 0.2) is 12.1 Å². The van der Waals surface area contributed by atoms with Crippen molar-refractivity contribution in [1.29, 1.82) is 0 Å². The second-order valence-corrected chi connectivity index (χ2v) is 14.3. The Morgan fingerprint density at radius 3 is 1.85 bits per heavy atom. The van der Waals surface area contributed by atoms with E-state index in [9.17, 15) is 0 Å². The molecule has 0 saturated heterocycles. The van der Waals surface area contributed by atoms with E-state index >= 15 is 0 Å². The molecule has 1 atom stereocenters. The molecular formula is C22H39O4P. The van der Waals surface area contributed by atoms with Gasteiger partial charge in [0.15, 0.2) is 0 Å². The third kappa shape index (κ3) is 4.44. The minimum atomic E-state index is -3.77. The van der Waals surface area contributed by atoms with Crippen molar-refractivity contribution in [1.82, 2.24) is 0 Å². The first-order chi connectivity index (χ1) is 11.9. The molecule has 1 aromatic rings. The third-order valence-electron chi connectivity index (χ3n) is 5.34. The molecule has 2 rings (SSSR count). The fourth-order valence-corrected chi connectivity index (χ4v) is 5.41. The monoisotopic (exact) mass is 398 g/mol. The predicted molar refractivity (Wildman–Crippen MR) is 115 cm³/mol. The van der Waals surface area contributed by atoms with Gasteiger partial charge in [0.05, 0.1) is 0 Å². The van der Waals surface area contributed by atoms with Gasteiger partial charge >= 0.3 is 166 Å². The van der Waals surface area contributed by atoms with E-state index in [2.05, 4.69) is 74.4 Å². The molecule has 1 aliphatic rings. The number of fused-ring (bicyclic) bond motifs is 1. The van der Waals surface area contributed by atoms with Gasteiger partial charge in [0.1, 0.15) is 0 Å². The number of rotatable bonds is 3. The Morgan fingerprint density at radius 1 is 0.889 bits per heavy atom. The average Bonchev–Trinajstić information content (AvgIpc) is 2.76. The van der Waals surface area contributed by atoms with Crippen molar-refractivity contribution in [2.75, 3.05) is 13.8 Å². The van der Waals surface area contributed by atoms with Crippen LogP contribution in [0, 0.1) is 5.41 Å². The molecule has 27 heavy (non-hydrogen) atoms. The van der Waals surface area contributed by atoms with Gasteiger partial charge in [-0.2, -0.15) is 0 Å². The minimum absolute atomic E-state index is 0.00219. The number of benzene rings is 1. The topological polar surface area (TPSA) is 36.9 Å². The Labute approximate surface area is 166 Å². The maximum atomic E-state index is 6.49. The van der Waals surface area contributed by atoms with Crippen molar-refractivity contribution in [3.63, 3.8) is 0 Å². The first-order valence-electron chi connectivity index (χ1n) is 9.75. The molecule has 0 spiro atoms. The zero-order chi connectivity index (χ0) is 21.1. The number of hydrogen-bond donors (Lipinski definition) is 0. The van der Waals surface area contributed by atoms with Crippen LogP contribution >= 0.6 is 7.51 Å². The average molecular weight is 399 g/mol. The van der Waals surface area contributed by atoms with Crippen molar-refractivity contribution >= 4 is 7.51 Å². The summed E-state index contributed by atoms with van der Waals surface area (Å²) in [5, 5.41) is 0. The molecule has 0 saturated carbocycles. The van der Waals surface area contributed by atoms with Crippen LogP contribution in [-0.4, -0.2) is 19.9 Å². The Hall–Kier alpha value is -0.830. The van der Waals surface area contributed by atoms with Crippen LogP contribution in [0.25, 0.3) is 0 Å². The van der Waals surface area contributed by atoms with Crippen LogP contribution in [0.5, 0.6) is 11.5 Å². The molecule has 0 amide bonds. The van der Waals surface area contributed by atoms with Crippen LogP contribution in [-0.2, 0) is 19.9 Å². The van der Waals surface area contributed by atoms with Crippen molar-refractivity contribution in [3.8, 4) is 11.5 Å². The van der Waals surface area contributed by atoms with Gasteiger partial charge in [0.2, 0.25) is 0 Å². The van der Waals surface area contributed by atoms with Crippen molar-refractivity contribution in [3.05, 3.63) is 23.3 Å². The normalized spacial score (nSPS) is 21.4. The summed E-state index contributed by atoms with van der Waals surface area (Å²) < 4.78 is 25.3. The summed E-state index contributed by atoms with van der Waals surface area (Å²) in [6.07, 6.45) is -0.102. The molecular weight excluding hydrogens is 359 g/mol. The summed E-state index contributed by atoms with van der Waals surface area (Å²) >= 11 is 0. The van der Waals surface area contributed by atoms with E-state index in [0.717, 1.165) is 17.1 Å². The summed E-state index contributed by atoms with van der Waals surface area (Å²) in [6, 6.07) is 4.31. The van der Waals surface area contributed by atoms with Crippen LogP contribution in [0.2, 0.25) is 0 Å². The molecule has 0 fully saturated rings. The van der Waals surface area contributed by atoms with Gasteiger partial charge in [-0.15, -0.1) is 0 Å². The summed E-state index contributed by atoms with van der Waals surface area (Å²) in [5.41, 5.74) is 2.16. The fraction of sp³-hybridized carbons (Fsp3) is 0.727. The molecule has 0 bridgehead atoms. The Balaban J connectivity index is 2.61. The molecule has 1 heterocycles. The van der Waals surface area contributed by atoms with Gasteiger partial charge in [-0.1, -0.05) is 0 Å². The quantitative estimate of drug-likeness (QED) is 0.514. The van der Waals surface area contributed by atoms with Crippen molar-refractivity contribution < 1.29 is 18.1 Å². The third-order valence-corrected chi connectivity index (χ3v) is 8.13. The summed E-state index contributed by atoms with van der Waals surface area (Å²) in [5.74, 6) is 1.47. The second kappa shape index (κ2) is 6.34. The van der Waals surface area contributed by atoms with Crippen LogP contribution in [0.4, 0.5) is 0 Å². The van der Waals surface area contributed by atoms with Crippen LogP contribution < -0.4 is 9.05 Å². The zero-order valence-corrected chi connectivity index (χ0v) is 20.2. The van der Waals surface area contributed by atoms with Gasteiger partial charge < -0.3 is 0 Å². The first-order valence-corrected chi connectivity index (χ1v) is 12.1. The van der Waals surface area contributed by atoms with Crippen LogP contribution in [0.1, 0.15) is 80.4 Å². The molecule has 0 aliphatic carbocycles. The summed E-state index contributed by atoms with van der Waals surface area (Å²) in [7, 11) is -2.16. The predicted octanol–water partition coefficient (Wildman–Crippen LogP) is 6.99. The van der Waals surface area contributed by atoms with E-state index in [0.29, 0.717) is 0 Å². The first kappa shape index (κ1) is 22.5. The summed E-state index contributed by atoms with van der Waals surface area (Å²) in [6.45, 7) is 23.5. The van der Waals surface area contributed by atoms with E-state index in [-0.39, 0.29) is 22.3 Å². The van der Waals surface area contributed by atoms with Gasteiger partial charge in [0.25, 0.3) is 0 Å². The molecule has 5 heteroatoms. The Morgan fingerprint density at radius 2 is 1.44 bits per heavy atom. The molecule has 1 unspecified atom stereocenters. The molecule has 0 N–H and O–H groups in total. The standard InChI is InChI=1S/C22H39O4P/c1-15(20(2,3)4)24-27(12,23-11)25-18-14-16(21(5,6)7)13-17(19(18)26-27)22(8,9)10/h13-15H,1-12H3. The molecule has 0 aromatic heterocycles. The number of hydrogen-bond acceptors (Lipinski definition) is 4. The van der Waals surface area contributed by atoms with Gasteiger partial charge in [-0.25, -0.2) is 0 Å². The van der Waals surface area contributed by atoms with Crippen LogP contribution in [0.3, 0.4) is 0 Å². The van der Waals surface area contributed by atoms with E-state index in [1.54, 1.807) is 7.11 Å². The van der Waals surface area contributed by atoms with Crippen molar-refractivity contribution in [2.24, 2.45) is 5.41 Å². The zero-order valence-electron chi connectivity index (χ0n) is 19.3. The van der Waals surface area contributed by atoms with E-state index < -0.39 is 7.51 Å². The van der Waals surface area contributed by atoms with Gasteiger partial charge in [-0.3, -0.25) is 0 Å². The molecule has 1 aromatic carbocycles. The van der Waals surface area contributed by atoms with E-state index in [1.807, 2.05) is 13.6 Å². The van der Waals surface area contributed by atoms with E-state index in [1.165, 1.54) is 5.56 Å². The molecule has 156 valence electrons. The van der Waals surface area contributed by atoms with Gasteiger partial charge in [-0.05, 0) is 0 Å². The molecule has 0 radical (unpaired) electrons. The fourth-order valence-electron chi connectivity index (χ4n) is 2.87. The van der Waals surface area contributed by atoms with Crippen molar-refractivity contribution in [2.45, 2.75) is 86.2 Å². The SMILES string of the molecule is COP1(C)(OC(C)C(C)(C)C)Oc2cc(C(C)(C)C)cc(C(C)(C)C)c2O1. The molecule has 4 nitrogen and oxygen atoms in total. The summed E-state index contributed by atoms with van der Waals surface area (Å²) in [4.78, 5) is 0. The van der Waals surface area contributed by atoms with E-state index in [4.69, 9.17) is 18.1 Å². The Kier molecular flexibility index (Phi) is 5.27.